The molecular formula is C29H32N4O5S. The molecule has 0 aliphatic rings. The molecule has 2 aromatic heterocycles. The number of esters is 1. The summed E-state index contributed by atoms with van der Waals surface area (Å²) < 4.78 is 18.8. The van der Waals surface area contributed by atoms with E-state index < -0.39 is 5.97 Å². The fourth-order valence-corrected chi connectivity index (χ4v) is 4.81. The van der Waals surface area contributed by atoms with E-state index in [0.29, 0.717) is 34.4 Å². The summed E-state index contributed by atoms with van der Waals surface area (Å²) in [5.74, 6) is 0.782. The number of hydrogen-bond donors (Lipinski definition) is 1. The van der Waals surface area contributed by atoms with E-state index >= 15 is 0 Å². The average Bonchev–Trinajstić information content (AvgIpc) is 3.47. The number of ether oxygens (including phenoxy) is 2. The van der Waals surface area contributed by atoms with E-state index in [2.05, 4.69) is 48.1 Å². The van der Waals surface area contributed by atoms with Gasteiger partial charge in [0.05, 0.1) is 12.4 Å². The van der Waals surface area contributed by atoms with Crippen molar-refractivity contribution in [3.8, 4) is 5.75 Å². The highest BCUT2D eigenvalue weighted by Gasteiger charge is 2.24. The highest BCUT2D eigenvalue weighted by molar-refractivity contribution is 7.99. The van der Waals surface area contributed by atoms with E-state index in [9.17, 15) is 9.59 Å². The summed E-state index contributed by atoms with van der Waals surface area (Å²) >= 11 is 1.23. The minimum atomic E-state index is -0.638. The van der Waals surface area contributed by atoms with Crippen molar-refractivity contribution in [2.75, 3.05) is 17.7 Å². The summed E-state index contributed by atoms with van der Waals surface area (Å²) in [7, 11) is 0. The number of nitrogens with one attached hydrogen (secondary N) is 1. The number of thioether (sulfide) groups is 1. The van der Waals surface area contributed by atoms with Crippen LogP contribution in [0, 0.1) is 6.92 Å². The van der Waals surface area contributed by atoms with Gasteiger partial charge in [0.15, 0.2) is 11.0 Å². The molecule has 10 heteroatoms. The molecule has 0 spiro atoms. The van der Waals surface area contributed by atoms with Crippen molar-refractivity contribution < 1.29 is 23.5 Å². The molecule has 0 aliphatic carbocycles. The van der Waals surface area contributed by atoms with Crippen LogP contribution >= 0.6 is 11.8 Å². The third kappa shape index (κ3) is 6.51. The number of rotatable bonds is 12. The number of hydrogen-bond acceptors (Lipinski definition) is 8. The van der Waals surface area contributed by atoms with E-state index in [-0.39, 0.29) is 36.3 Å². The van der Waals surface area contributed by atoms with Crippen LogP contribution in [0.25, 0.3) is 11.0 Å². The molecule has 2 heterocycles. The van der Waals surface area contributed by atoms with Crippen LogP contribution in [0.5, 0.6) is 5.75 Å². The van der Waals surface area contributed by atoms with E-state index in [4.69, 9.17) is 13.9 Å². The first-order valence-electron chi connectivity index (χ1n) is 12.7. The van der Waals surface area contributed by atoms with Crippen LogP contribution in [0.1, 0.15) is 54.2 Å². The third-order valence-electron chi connectivity index (χ3n) is 5.91. The van der Waals surface area contributed by atoms with Gasteiger partial charge in [-0.05, 0) is 49.1 Å². The number of aryl methyl sites for hydroxylation is 1. The summed E-state index contributed by atoms with van der Waals surface area (Å²) in [5, 5.41) is 12.6. The van der Waals surface area contributed by atoms with Crippen molar-refractivity contribution in [2.24, 2.45) is 0 Å². The molecule has 9 nitrogen and oxygen atoms in total. The second kappa shape index (κ2) is 12.7. The lowest BCUT2D eigenvalue weighted by atomic mass is 10.0. The van der Waals surface area contributed by atoms with Gasteiger partial charge in [0.2, 0.25) is 11.7 Å². The second-order valence-electron chi connectivity index (χ2n) is 9.14. The fraction of sp³-hybridized carbons (Fsp3) is 0.310. The van der Waals surface area contributed by atoms with Crippen molar-refractivity contribution in [2.45, 2.75) is 51.9 Å². The third-order valence-corrected chi connectivity index (χ3v) is 6.87. The summed E-state index contributed by atoms with van der Waals surface area (Å²) in [6, 6.07) is 13.3. The number of benzene rings is 2. The van der Waals surface area contributed by atoms with Crippen LogP contribution in [0.4, 0.5) is 5.69 Å². The number of nitrogens with zero attached hydrogens (tertiary/aromatic N) is 3. The van der Waals surface area contributed by atoms with E-state index in [1.54, 1.807) is 37.3 Å². The molecule has 0 radical (unpaired) electrons. The Bertz CT molecular complexity index is 1490. The van der Waals surface area contributed by atoms with Crippen molar-refractivity contribution >= 4 is 40.3 Å². The Hall–Kier alpha value is -4.05. The molecule has 0 saturated carbocycles. The molecule has 4 aromatic rings. The van der Waals surface area contributed by atoms with Crippen LogP contribution in [0.3, 0.4) is 0 Å². The average molecular weight is 549 g/mol. The second-order valence-corrected chi connectivity index (χ2v) is 10.1. The van der Waals surface area contributed by atoms with Crippen LogP contribution in [-0.4, -0.2) is 39.0 Å². The highest BCUT2D eigenvalue weighted by Crippen LogP contribution is 2.32. The van der Waals surface area contributed by atoms with Gasteiger partial charge in [-0.25, -0.2) is 4.79 Å². The van der Waals surface area contributed by atoms with Gasteiger partial charge in [0.1, 0.15) is 23.6 Å². The van der Waals surface area contributed by atoms with Crippen molar-refractivity contribution in [1.29, 1.82) is 0 Å². The van der Waals surface area contributed by atoms with Crippen molar-refractivity contribution in [3.63, 3.8) is 0 Å². The summed E-state index contributed by atoms with van der Waals surface area (Å²) in [5.41, 5.74) is 3.00. The predicted octanol–water partition coefficient (Wildman–Crippen LogP) is 6.13. The number of para-hydroxylation sites is 1. The van der Waals surface area contributed by atoms with Gasteiger partial charge in [-0.15, -0.1) is 16.8 Å². The minimum absolute atomic E-state index is 0.0350. The molecule has 4 rings (SSSR count). The maximum atomic E-state index is 13.0. The number of aromatic nitrogens is 3. The molecule has 0 aliphatic heterocycles. The van der Waals surface area contributed by atoms with Crippen molar-refractivity contribution in [3.05, 3.63) is 77.8 Å². The van der Waals surface area contributed by atoms with Crippen LogP contribution < -0.4 is 10.1 Å². The highest BCUT2D eigenvalue weighted by atomic mass is 32.2. The lowest BCUT2D eigenvalue weighted by Crippen LogP contribution is -2.17. The number of carbonyl (C=O) groups is 2. The molecule has 0 saturated heterocycles. The maximum absolute atomic E-state index is 13.0. The number of amides is 1. The van der Waals surface area contributed by atoms with E-state index in [1.807, 2.05) is 17.6 Å². The lowest BCUT2D eigenvalue weighted by molar-refractivity contribution is -0.113. The summed E-state index contributed by atoms with van der Waals surface area (Å²) in [6.45, 7) is 12.7. The normalized spacial score (nSPS) is 11.1. The van der Waals surface area contributed by atoms with Gasteiger partial charge in [-0.1, -0.05) is 56.0 Å². The summed E-state index contributed by atoms with van der Waals surface area (Å²) in [6.07, 6.45) is 1.74. The minimum Gasteiger partial charge on any atom is -0.485 e. The van der Waals surface area contributed by atoms with E-state index in [0.717, 1.165) is 16.9 Å². The topological polar surface area (TPSA) is 108 Å². The Labute approximate surface area is 231 Å². The Kier molecular flexibility index (Phi) is 9.08. The van der Waals surface area contributed by atoms with Crippen LogP contribution in [-0.2, 0) is 22.7 Å². The maximum Gasteiger partial charge on any atom is 0.376 e. The van der Waals surface area contributed by atoms with Gasteiger partial charge in [0, 0.05) is 11.9 Å². The van der Waals surface area contributed by atoms with Gasteiger partial charge in [0.25, 0.3) is 0 Å². The Morgan fingerprint density at radius 2 is 2.00 bits per heavy atom. The first kappa shape index (κ1) is 28.0. The monoisotopic (exact) mass is 548 g/mol. The molecule has 39 heavy (non-hydrogen) atoms. The van der Waals surface area contributed by atoms with Gasteiger partial charge in [-0.3, -0.25) is 9.36 Å². The first-order valence-corrected chi connectivity index (χ1v) is 13.7. The van der Waals surface area contributed by atoms with Gasteiger partial charge in [-0.2, -0.15) is 0 Å². The quantitative estimate of drug-likeness (QED) is 0.128. The number of furan rings is 1. The zero-order valence-corrected chi connectivity index (χ0v) is 23.3. The first-order chi connectivity index (χ1) is 18.8. The van der Waals surface area contributed by atoms with Gasteiger partial charge < -0.3 is 19.2 Å². The lowest BCUT2D eigenvalue weighted by Gasteiger charge is -2.15. The molecular weight excluding hydrogens is 516 g/mol. The van der Waals surface area contributed by atoms with Crippen LogP contribution in [0.15, 0.2) is 64.7 Å². The molecule has 0 atom stereocenters. The number of carbonyl (C=O) groups excluding carboxylic acids is 2. The predicted molar refractivity (Wildman–Crippen MR) is 151 cm³/mol. The molecule has 0 fully saturated rings. The molecule has 204 valence electrons. The molecule has 0 bridgehead atoms. The zero-order chi connectivity index (χ0) is 27.9. The Morgan fingerprint density at radius 3 is 2.74 bits per heavy atom. The molecule has 1 amide bonds. The Balaban J connectivity index is 1.47. The van der Waals surface area contributed by atoms with Gasteiger partial charge >= 0.3 is 5.97 Å². The Morgan fingerprint density at radius 1 is 1.21 bits per heavy atom. The molecule has 2 aromatic carbocycles. The molecule has 0 unspecified atom stereocenters. The standard InChI is InChI=1S/C29H32N4O5S/c1-6-14-33-24(16-37-23-15-19(5)12-13-20(23)18(3)4)31-32-29(33)39-17-25(34)30-26-21-10-8-9-11-22(21)38-27(26)28(35)36-7-2/h6,8-13,15,18H,1,7,14,16-17H2,2-5H3,(H,30,34). The number of fused-ring (bicyclic) bond motifs is 1. The fourth-order valence-electron chi connectivity index (χ4n) is 4.05. The SMILES string of the molecule is C=CCn1c(COc2cc(C)ccc2C(C)C)nnc1SCC(=O)Nc1c(C(=O)OCC)oc2ccccc12. The molecule has 1 N–H and O–H groups in total. The largest absolute Gasteiger partial charge is 0.485 e. The van der Waals surface area contributed by atoms with E-state index in [1.165, 1.54) is 11.8 Å². The zero-order valence-electron chi connectivity index (χ0n) is 22.5. The summed E-state index contributed by atoms with van der Waals surface area (Å²) in [4.78, 5) is 25.4. The van der Waals surface area contributed by atoms with Crippen molar-refractivity contribution in [1.82, 2.24) is 14.8 Å². The number of anilines is 1. The number of allylic oxidation sites excluding steroid dienone is 1. The smallest absolute Gasteiger partial charge is 0.376 e. The van der Waals surface area contributed by atoms with Crippen LogP contribution in [0.2, 0.25) is 0 Å².